The zero-order valence-corrected chi connectivity index (χ0v) is 10.4. The lowest BCUT2D eigenvalue weighted by molar-refractivity contribution is -0.116. The Hall–Kier alpha value is -0.580. The highest BCUT2D eigenvalue weighted by Gasteiger charge is 2.30. The standard InChI is InChI=1S/C11H12INO/c1-6-3-7(2)10-8(4-6)9(5-12)11(14)13-10/h3-4,9H,5H2,1-2H3,(H,13,14). The summed E-state index contributed by atoms with van der Waals surface area (Å²) in [6, 6.07) is 4.22. The molecule has 1 N–H and O–H groups in total. The molecule has 0 radical (unpaired) electrons. The molecule has 1 unspecified atom stereocenters. The molecule has 0 aromatic heterocycles. The molecule has 0 saturated carbocycles. The molecule has 1 atom stereocenters. The maximum absolute atomic E-state index is 11.6. The smallest absolute Gasteiger partial charge is 0.232 e. The summed E-state index contributed by atoms with van der Waals surface area (Å²) in [7, 11) is 0. The fourth-order valence-corrected chi connectivity index (χ4v) is 2.83. The number of hydrogen-bond acceptors (Lipinski definition) is 1. The van der Waals surface area contributed by atoms with Crippen LogP contribution in [0.15, 0.2) is 12.1 Å². The van der Waals surface area contributed by atoms with Gasteiger partial charge in [0.25, 0.3) is 0 Å². The molecular weight excluding hydrogens is 289 g/mol. The van der Waals surface area contributed by atoms with E-state index >= 15 is 0 Å². The highest BCUT2D eigenvalue weighted by atomic mass is 127. The van der Waals surface area contributed by atoms with Crippen molar-refractivity contribution in [2.24, 2.45) is 0 Å². The number of carbonyl (C=O) groups is 1. The number of amides is 1. The fraction of sp³-hybridized carbons (Fsp3) is 0.364. The first kappa shape index (κ1) is 9.96. The quantitative estimate of drug-likeness (QED) is 0.627. The second-order valence-corrected chi connectivity index (χ2v) is 4.62. The van der Waals surface area contributed by atoms with E-state index in [0.717, 1.165) is 10.1 Å². The maximum Gasteiger partial charge on any atom is 0.232 e. The van der Waals surface area contributed by atoms with Crippen molar-refractivity contribution in [1.29, 1.82) is 0 Å². The molecule has 14 heavy (non-hydrogen) atoms. The molecule has 1 aliphatic rings. The Bertz CT molecular complexity index is 401. The molecule has 1 amide bonds. The topological polar surface area (TPSA) is 29.1 Å². The molecule has 1 aliphatic heterocycles. The Labute approximate surface area is 97.2 Å². The van der Waals surface area contributed by atoms with Gasteiger partial charge in [-0.2, -0.15) is 0 Å². The van der Waals surface area contributed by atoms with Crippen LogP contribution in [0.1, 0.15) is 22.6 Å². The number of halogens is 1. The number of benzene rings is 1. The normalized spacial score (nSPS) is 19.4. The first-order valence-electron chi connectivity index (χ1n) is 4.61. The van der Waals surface area contributed by atoms with Gasteiger partial charge in [0.1, 0.15) is 0 Å². The summed E-state index contributed by atoms with van der Waals surface area (Å²) in [6.45, 7) is 4.11. The fourth-order valence-electron chi connectivity index (χ4n) is 1.95. The van der Waals surface area contributed by atoms with E-state index in [1.54, 1.807) is 0 Å². The Kier molecular flexibility index (Phi) is 2.51. The summed E-state index contributed by atoms with van der Waals surface area (Å²) in [5, 5.41) is 2.95. The van der Waals surface area contributed by atoms with E-state index in [0.29, 0.717) is 0 Å². The van der Waals surface area contributed by atoms with Crippen LogP contribution in [0.2, 0.25) is 0 Å². The zero-order chi connectivity index (χ0) is 10.3. The second kappa shape index (κ2) is 3.53. The minimum atomic E-state index is 0.0456. The van der Waals surface area contributed by atoms with Gasteiger partial charge in [-0.25, -0.2) is 0 Å². The van der Waals surface area contributed by atoms with Crippen LogP contribution in [-0.2, 0) is 4.79 Å². The van der Waals surface area contributed by atoms with Crippen LogP contribution in [0.25, 0.3) is 0 Å². The zero-order valence-electron chi connectivity index (χ0n) is 8.23. The van der Waals surface area contributed by atoms with Crippen molar-refractivity contribution in [1.82, 2.24) is 0 Å². The van der Waals surface area contributed by atoms with Crippen LogP contribution in [0, 0.1) is 13.8 Å². The Morgan fingerprint density at radius 3 is 2.79 bits per heavy atom. The predicted octanol–water partition coefficient (Wildman–Crippen LogP) is 2.77. The molecule has 3 heteroatoms. The summed E-state index contributed by atoms with van der Waals surface area (Å²) in [4.78, 5) is 11.6. The summed E-state index contributed by atoms with van der Waals surface area (Å²) >= 11 is 2.26. The molecule has 1 heterocycles. The molecule has 0 aliphatic carbocycles. The van der Waals surface area contributed by atoms with Crippen LogP contribution in [0.3, 0.4) is 0 Å². The highest BCUT2D eigenvalue weighted by Crippen LogP contribution is 2.36. The van der Waals surface area contributed by atoms with E-state index in [1.165, 1.54) is 16.7 Å². The van der Waals surface area contributed by atoms with Crippen molar-refractivity contribution in [2.45, 2.75) is 19.8 Å². The number of carbonyl (C=O) groups excluding carboxylic acids is 1. The third-order valence-corrected chi connectivity index (χ3v) is 3.49. The van der Waals surface area contributed by atoms with Gasteiger partial charge in [-0.3, -0.25) is 4.79 Å². The van der Waals surface area contributed by atoms with E-state index in [1.807, 2.05) is 6.92 Å². The monoisotopic (exact) mass is 301 g/mol. The van der Waals surface area contributed by atoms with E-state index in [-0.39, 0.29) is 11.8 Å². The minimum Gasteiger partial charge on any atom is -0.325 e. The van der Waals surface area contributed by atoms with Gasteiger partial charge in [0.15, 0.2) is 0 Å². The first-order valence-corrected chi connectivity index (χ1v) is 6.14. The van der Waals surface area contributed by atoms with Gasteiger partial charge in [-0.15, -0.1) is 0 Å². The van der Waals surface area contributed by atoms with Gasteiger partial charge in [0.05, 0.1) is 5.92 Å². The minimum absolute atomic E-state index is 0.0456. The molecule has 74 valence electrons. The number of fused-ring (bicyclic) bond motifs is 1. The molecule has 0 spiro atoms. The van der Waals surface area contributed by atoms with Crippen LogP contribution in [0.4, 0.5) is 5.69 Å². The third-order valence-electron chi connectivity index (χ3n) is 2.60. The van der Waals surface area contributed by atoms with E-state index in [2.05, 4.69) is 47.0 Å². The number of hydrogen-bond donors (Lipinski definition) is 1. The molecule has 1 aromatic rings. The third kappa shape index (κ3) is 1.43. The molecule has 2 rings (SSSR count). The largest absolute Gasteiger partial charge is 0.325 e. The second-order valence-electron chi connectivity index (χ2n) is 3.74. The molecule has 2 nitrogen and oxygen atoms in total. The van der Waals surface area contributed by atoms with Gasteiger partial charge in [0.2, 0.25) is 5.91 Å². The molecule has 0 fully saturated rings. The lowest BCUT2D eigenvalue weighted by atomic mass is 9.98. The van der Waals surface area contributed by atoms with E-state index in [9.17, 15) is 4.79 Å². The van der Waals surface area contributed by atoms with Gasteiger partial charge >= 0.3 is 0 Å². The lowest BCUT2D eigenvalue weighted by Crippen LogP contribution is -2.12. The number of alkyl halides is 1. The lowest BCUT2D eigenvalue weighted by Gasteiger charge is -2.07. The Balaban J connectivity index is 2.58. The summed E-state index contributed by atoms with van der Waals surface area (Å²) in [6.07, 6.45) is 0. The maximum atomic E-state index is 11.6. The number of rotatable bonds is 1. The van der Waals surface area contributed by atoms with Crippen molar-refractivity contribution < 1.29 is 4.79 Å². The predicted molar refractivity (Wildman–Crippen MR) is 66.2 cm³/mol. The Morgan fingerprint density at radius 2 is 2.14 bits per heavy atom. The van der Waals surface area contributed by atoms with Crippen LogP contribution in [-0.4, -0.2) is 10.3 Å². The summed E-state index contributed by atoms with van der Waals surface area (Å²) in [5.41, 5.74) is 4.59. The van der Waals surface area contributed by atoms with Gasteiger partial charge in [0, 0.05) is 10.1 Å². The highest BCUT2D eigenvalue weighted by molar-refractivity contribution is 14.1. The van der Waals surface area contributed by atoms with Crippen LogP contribution >= 0.6 is 22.6 Å². The molecule has 0 saturated heterocycles. The van der Waals surface area contributed by atoms with E-state index in [4.69, 9.17) is 0 Å². The van der Waals surface area contributed by atoms with Gasteiger partial charge < -0.3 is 5.32 Å². The van der Waals surface area contributed by atoms with Crippen molar-refractivity contribution in [3.05, 3.63) is 28.8 Å². The van der Waals surface area contributed by atoms with Crippen LogP contribution in [0.5, 0.6) is 0 Å². The average molecular weight is 301 g/mol. The van der Waals surface area contributed by atoms with Crippen molar-refractivity contribution in [3.63, 3.8) is 0 Å². The number of nitrogens with one attached hydrogen (secondary N) is 1. The SMILES string of the molecule is Cc1cc(C)c2c(c1)C(CI)C(=O)N2. The first-order chi connectivity index (χ1) is 6.63. The molecule has 0 bridgehead atoms. The molecule has 1 aromatic carbocycles. The van der Waals surface area contributed by atoms with Crippen molar-refractivity contribution in [3.8, 4) is 0 Å². The molecular formula is C11H12INO. The van der Waals surface area contributed by atoms with Gasteiger partial charge in [-0.1, -0.05) is 40.3 Å². The van der Waals surface area contributed by atoms with Crippen molar-refractivity contribution >= 4 is 34.2 Å². The summed E-state index contributed by atoms with van der Waals surface area (Å²) < 4.78 is 0.847. The number of anilines is 1. The van der Waals surface area contributed by atoms with Crippen LogP contribution < -0.4 is 5.32 Å². The van der Waals surface area contributed by atoms with Crippen molar-refractivity contribution in [2.75, 3.05) is 9.74 Å². The van der Waals surface area contributed by atoms with E-state index < -0.39 is 0 Å². The Morgan fingerprint density at radius 1 is 1.43 bits per heavy atom. The van der Waals surface area contributed by atoms with Gasteiger partial charge in [-0.05, 0) is 25.0 Å². The average Bonchev–Trinajstić information content (AvgIpc) is 2.41. The number of aryl methyl sites for hydroxylation is 2. The summed E-state index contributed by atoms with van der Waals surface area (Å²) in [5.74, 6) is 0.187.